The molecule has 1 aromatic rings. The summed E-state index contributed by atoms with van der Waals surface area (Å²) in [6, 6.07) is 1.25. The lowest BCUT2D eigenvalue weighted by atomic mass is 10.2. The largest absolute Gasteiger partial charge is 0.345 e. The standard InChI is InChI=1S/C16H29N3S/c1-5-14-15(11-17-12(3)4)20-16(18-14)19(6-2)13-9-7-8-10-13/h12-13,17H,5-11H2,1-4H3. The van der Waals surface area contributed by atoms with Gasteiger partial charge in [0.15, 0.2) is 5.13 Å². The molecule has 2 rings (SSSR count). The Kier molecular flexibility index (Phi) is 5.85. The second-order valence-electron chi connectivity index (χ2n) is 5.98. The minimum Gasteiger partial charge on any atom is -0.345 e. The highest BCUT2D eigenvalue weighted by molar-refractivity contribution is 7.15. The summed E-state index contributed by atoms with van der Waals surface area (Å²) in [5.74, 6) is 0. The molecule has 0 amide bonds. The number of rotatable bonds is 7. The van der Waals surface area contributed by atoms with Crippen LogP contribution in [0.25, 0.3) is 0 Å². The van der Waals surface area contributed by atoms with Gasteiger partial charge in [-0.1, -0.05) is 33.6 Å². The van der Waals surface area contributed by atoms with Gasteiger partial charge < -0.3 is 10.2 Å². The van der Waals surface area contributed by atoms with Gasteiger partial charge in [0.2, 0.25) is 0 Å². The maximum absolute atomic E-state index is 4.93. The molecule has 4 heteroatoms. The second kappa shape index (κ2) is 7.41. The Hall–Kier alpha value is -0.610. The molecular formula is C16H29N3S. The molecule has 20 heavy (non-hydrogen) atoms. The van der Waals surface area contributed by atoms with E-state index < -0.39 is 0 Å². The van der Waals surface area contributed by atoms with Crippen molar-refractivity contribution in [3.05, 3.63) is 10.6 Å². The molecule has 1 N–H and O–H groups in total. The first kappa shape index (κ1) is 15.8. The quantitative estimate of drug-likeness (QED) is 0.825. The molecular weight excluding hydrogens is 266 g/mol. The Morgan fingerprint density at radius 3 is 2.55 bits per heavy atom. The van der Waals surface area contributed by atoms with E-state index in [9.17, 15) is 0 Å². The fourth-order valence-corrected chi connectivity index (χ4v) is 4.20. The Morgan fingerprint density at radius 2 is 2.00 bits per heavy atom. The normalized spacial score (nSPS) is 16.2. The third-order valence-corrected chi connectivity index (χ3v) is 5.26. The Balaban J connectivity index is 2.13. The summed E-state index contributed by atoms with van der Waals surface area (Å²) in [4.78, 5) is 8.89. The Labute approximate surface area is 127 Å². The van der Waals surface area contributed by atoms with Crippen molar-refractivity contribution < 1.29 is 0 Å². The van der Waals surface area contributed by atoms with E-state index in [1.54, 1.807) is 0 Å². The first-order chi connectivity index (χ1) is 9.65. The van der Waals surface area contributed by atoms with Gasteiger partial charge in [-0.2, -0.15) is 0 Å². The van der Waals surface area contributed by atoms with Gasteiger partial charge in [-0.05, 0) is 26.2 Å². The van der Waals surface area contributed by atoms with Crippen LogP contribution in [0.4, 0.5) is 5.13 Å². The van der Waals surface area contributed by atoms with Gasteiger partial charge in [-0.15, -0.1) is 11.3 Å². The zero-order valence-corrected chi connectivity index (χ0v) is 14.2. The summed E-state index contributed by atoms with van der Waals surface area (Å²) in [6.07, 6.45) is 6.49. The van der Waals surface area contributed by atoms with E-state index in [0.29, 0.717) is 6.04 Å². The molecule has 0 radical (unpaired) electrons. The summed E-state index contributed by atoms with van der Waals surface area (Å²) in [5, 5.41) is 4.78. The van der Waals surface area contributed by atoms with Crippen LogP contribution in [0.3, 0.4) is 0 Å². The summed E-state index contributed by atoms with van der Waals surface area (Å²) >= 11 is 1.90. The van der Waals surface area contributed by atoms with Crippen LogP contribution in [0.1, 0.15) is 63.9 Å². The predicted molar refractivity (Wildman–Crippen MR) is 88.7 cm³/mol. The van der Waals surface area contributed by atoms with Crippen molar-refractivity contribution in [1.29, 1.82) is 0 Å². The van der Waals surface area contributed by atoms with E-state index in [4.69, 9.17) is 4.98 Å². The average Bonchev–Trinajstić information content (AvgIpc) is 3.07. The fourth-order valence-electron chi connectivity index (χ4n) is 2.97. The van der Waals surface area contributed by atoms with Crippen LogP contribution < -0.4 is 10.2 Å². The molecule has 1 saturated carbocycles. The summed E-state index contributed by atoms with van der Waals surface area (Å²) in [6.45, 7) is 10.9. The van der Waals surface area contributed by atoms with E-state index in [-0.39, 0.29) is 0 Å². The zero-order chi connectivity index (χ0) is 14.5. The van der Waals surface area contributed by atoms with Crippen LogP contribution in [0.15, 0.2) is 0 Å². The summed E-state index contributed by atoms with van der Waals surface area (Å²) in [7, 11) is 0. The van der Waals surface area contributed by atoms with Crippen molar-refractivity contribution in [3.63, 3.8) is 0 Å². The van der Waals surface area contributed by atoms with Gasteiger partial charge >= 0.3 is 0 Å². The fraction of sp³-hybridized carbons (Fsp3) is 0.812. The van der Waals surface area contributed by atoms with Gasteiger partial charge in [-0.3, -0.25) is 0 Å². The number of hydrogen-bond acceptors (Lipinski definition) is 4. The lowest BCUT2D eigenvalue weighted by Gasteiger charge is -2.26. The van der Waals surface area contributed by atoms with Crippen molar-refractivity contribution in [2.45, 2.75) is 78.4 Å². The highest BCUT2D eigenvalue weighted by atomic mass is 32.1. The van der Waals surface area contributed by atoms with Crippen molar-refractivity contribution in [2.24, 2.45) is 0 Å². The molecule has 0 bridgehead atoms. The van der Waals surface area contributed by atoms with Crippen molar-refractivity contribution >= 4 is 16.5 Å². The minimum atomic E-state index is 0.530. The topological polar surface area (TPSA) is 28.2 Å². The lowest BCUT2D eigenvalue weighted by Crippen LogP contribution is -2.32. The first-order valence-electron chi connectivity index (χ1n) is 8.14. The van der Waals surface area contributed by atoms with Crippen LogP contribution in [0, 0.1) is 0 Å². The average molecular weight is 295 g/mol. The monoisotopic (exact) mass is 295 g/mol. The van der Waals surface area contributed by atoms with Gasteiger partial charge in [-0.25, -0.2) is 4.98 Å². The van der Waals surface area contributed by atoms with Crippen molar-refractivity contribution in [2.75, 3.05) is 11.4 Å². The van der Waals surface area contributed by atoms with Crippen molar-refractivity contribution in [1.82, 2.24) is 10.3 Å². The Bertz CT molecular complexity index is 408. The SMILES string of the molecule is CCc1nc(N(CC)C2CCCC2)sc1CNC(C)C. The molecule has 0 unspecified atom stereocenters. The van der Waals surface area contributed by atoms with Gasteiger partial charge in [0.05, 0.1) is 5.69 Å². The van der Waals surface area contributed by atoms with Crippen LogP contribution in [0.5, 0.6) is 0 Å². The number of nitrogens with one attached hydrogen (secondary N) is 1. The maximum Gasteiger partial charge on any atom is 0.186 e. The molecule has 0 saturated heterocycles. The number of anilines is 1. The molecule has 0 aliphatic heterocycles. The predicted octanol–water partition coefficient (Wildman–Crippen LogP) is 3.97. The van der Waals surface area contributed by atoms with Gasteiger partial charge in [0.1, 0.15) is 0 Å². The van der Waals surface area contributed by atoms with E-state index in [0.717, 1.165) is 25.6 Å². The molecule has 0 atom stereocenters. The maximum atomic E-state index is 4.93. The molecule has 0 spiro atoms. The molecule has 1 heterocycles. The molecule has 1 fully saturated rings. The molecule has 0 aromatic carbocycles. The minimum absolute atomic E-state index is 0.530. The van der Waals surface area contributed by atoms with Crippen LogP contribution >= 0.6 is 11.3 Å². The number of aryl methyl sites for hydroxylation is 1. The Morgan fingerprint density at radius 1 is 1.30 bits per heavy atom. The molecule has 1 aromatic heterocycles. The van der Waals surface area contributed by atoms with Crippen LogP contribution in [-0.4, -0.2) is 23.6 Å². The highest BCUT2D eigenvalue weighted by Gasteiger charge is 2.24. The number of nitrogens with zero attached hydrogens (tertiary/aromatic N) is 2. The van der Waals surface area contributed by atoms with Crippen LogP contribution in [-0.2, 0) is 13.0 Å². The first-order valence-corrected chi connectivity index (χ1v) is 8.95. The van der Waals surface area contributed by atoms with E-state index in [1.807, 2.05) is 11.3 Å². The number of hydrogen-bond donors (Lipinski definition) is 1. The number of thiazole rings is 1. The van der Waals surface area contributed by atoms with Gasteiger partial charge in [0, 0.05) is 30.1 Å². The summed E-state index contributed by atoms with van der Waals surface area (Å²) < 4.78 is 0. The van der Waals surface area contributed by atoms with Gasteiger partial charge in [0.25, 0.3) is 0 Å². The summed E-state index contributed by atoms with van der Waals surface area (Å²) in [5.41, 5.74) is 1.29. The van der Waals surface area contributed by atoms with E-state index >= 15 is 0 Å². The van der Waals surface area contributed by atoms with E-state index in [2.05, 4.69) is 37.9 Å². The highest BCUT2D eigenvalue weighted by Crippen LogP contribution is 2.32. The van der Waals surface area contributed by atoms with E-state index in [1.165, 1.54) is 41.4 Å². The third-order valence-electron chi connectivity index (χ3n) is 4.12. The third kappa shape index (κ3) is 3.73. The molecule has 1 aliphatic carbocycles. The zero-order valence-electron chi connectivity index (χ0n) is 13.4. The number of aromatic nitrogens is 1. The molecule has 1 aliphatic rings. The smallest absolute Gasteiger partial charge is 0.186 e. The second-order valence-corrected chi connectivity index (χ2v) is 7.04. The molecule has 114 valence electrons. The van der Waals surface area contributed by atoms with Crippen molar-refractivity contribution in [3.8, 4) is 0 Å². The lowest BCUT2D eigenvalue weighted by molar-refractivity contribution is 0.590. The van der Waals surface area contributed by atoms with Crippen LogP contribution in [0.2, 0.25) is 0 Å². The molecule has 3 nitrogen and oxygen atoms in total.